The van der Waals surface area contributed by atoms with Crippen LogP contribution in [-0.4, -0.2) is 15.4 Å². The van der Waals surface area contributed by atoms with E-state index in [1.165, 1.54) is 33.3 Å². The molecule has 8 rings (SSSR count). The van der Waals surface area contributed by atoms with Crippen LogP contribution in [0, 0.1) is 11.3 Å². The molecule has 0 aliphatic carbocycles. The second-order valence-electron chi connectivity index (χ2n) is 11.3. The van der Waals surface area contributed by atoms with Crippen LogP contribution in [0.25, 0.3) is 72.2 Å². The first-order valence-corrected chi connectivity index (χ1v) is 15.2. The van der Waals surface area contributed by atoms with Crippen molar-refractivity contribution in [3.8, 4) is 28.6 Å². The number of hydrogen-bond donors (Lipinski definition) is 0. The number of benzene rings is 6. The van der Waals surface area contributed by atoms with Gasteiger partial charge in [-0.3, -0.25) is 4.79 Å². The van der Waals surface area contributed by atoms with Crippen LogP contribution >= 0.6 is 0 Å². The molecule has 2 heterocycles. The average molecular weight is 590 g/mol. The van der Waals surface area contributed by atoms with Crippen LogP contribution in [0.2, 0.25) is 0 Å². The van der Waals surface area contributed by atoms with Gasteiger partial charge in [0.05, 0.1) is 27.6 Å². The van der Waals surface area contributed by atoms with Crippen LogP contribution in [-0.2, 0) is 4.79 Å². The van der Waals surface area contributed by atoms with Crippen molar-refractivity contribution in [3.05, 3.63) is 163 Å². The molecule has 6 aromatic carbocycles. The maximum atomic E-state index is 10.9. The van der Waals surface area contributed by atoms with Crippen molar-refractivity contribution in [2.75, 3.05) is 0 Å². The number of carbonyl (C=O) groups excluding carboxylic acids is 1. The third-order valence-electron chi connectivity index (χ3n) is 8.68. The topological polar surface area (TPSA) is 50.7 Å². The van der Waals surface area contributed by atoms with Crippen molar-refractivity contribution in [1.29, 1.82) is 5.26 Å². The highest BCUT2D eigenvalue weighted by Gasteiger charge is 2.14. The summed E-state index contributed by atoms with van der Waals surface area (Å²) in [5.74, 6) is 0. The number of rotatable bonds is 6. The van der Waals surface area contributed by atoms with Crippen molar-refractivity contribution in [2.45, 2.75) is 0 Å². The Balaban J connectivity index is 1.14. The highest BCUT2D eigenvalue weighted by Crippen LogP contribution is 2.35. The van der Waals surface area contributed by atoms with Gasteiger partial charge in [0.25, 0.3) is 0 Å². The molecule has 2 aromatic heterocycles. The van der Waals surface area contributed by atoms with E-state index in [0.29, 0.717) is 6.29 Å². The van der Waals surface area contributed by atoms with Gasteiger partial charge in [-0.1, -0.05) is 97.1 Å². The van der Waals surface area contributed by atoms with Gasteiger partial charge in [0.1, 0.15) is 6.07 Å². The highest BCUT2D eigenvalue weighted by atomic mass is 16.1. The molecule has 0 aliphatic rings. The normalized spacial score (nSPS) is 12.0. The maximum Gasteiger partial charge on any atom is 0.160 e. The number of nitrogens with zero attached hydrogens (tertiary/aromatic N) is 3. The summed E-state index contributed by atoms with van der Waals surface area (Å²) in [5, 5.41) is 13.8. The molecule has 0 saturated carbocycles. The molecule has 0 saturated heterocycles. The van der Waals surface area contributed by atoms with Gasteiger partial charge in [-0.15, -0.1) is 0 Å². The fourth-order valence-corrected chi connectivity index (χ4v) is 6.54. The van der Waals surface area contributed by atoms with E-state index in [4.69, 9.17) is 5.26 Å². The summed E-state index contributed by atoms with van der Waals surface area (Å²) < 4.78 is 4.64. The first kappa shape index (κ1) is 27.1. The smallest absolute Gasteiger partial charge is 0.160 e. The summed E-state index contributed by atoms with van der Waals surface area (Å²) in [6.45, 7) is 0. The molecule has 0 unspecified atom stereocenters. The zero-order chi connectivity index (χ0) is 31.0. The number of aldehydes is 1. The molecule has 0 bridgehead atoms. The number of fused-ring (bicyclic) bond motifs is 6. The SMILES string of the molecule is N#C/C(C=O)=C\C=C\c1ccc2c(c1)c1ccccc1n2-c1ccc(-c2ccc(-n3c4ccccc4c4ccccc43)cc2)cc1. The van der Waals surface area contributed by atoms with Crippen LogP contribution in [0.4, 0.5) is 0 Å². The molecule has 0 amide bonds. The van der Waals surface area contributed by atoms with Crippen molar-refractivity contribution in [2.24, 2.45) is 0 Å². The summed E-state index contributed by atoms with van der Waals surface area (Å²) in [7, 11) is 0. The average Bonchev–Trinajstić information content (AvgIpc) is 3.63. The molecule has 0 fully saturated rings. The standard InChI is InChI=1S/C42H27N3O/c43-27-30(28-46)9-7-8-29-16-25-42-38(26-29)37-12-3-6-15-41(37)45(42)34-23-19-32(20-24-34)31-17-21-33(22-18-31)44-39-13-4-1-10-35(39)36-11-2-5-14-40(36)44/h1-26,28H/b8-7+,30-9+. The maximum absolute atomic E-state index is 10.9. The second-order valence-corrected chi connectivity index (χ2v) is 11.3. The number of aromatic nitrogens is 2. The minimum absolute atomic E-state index is 0.0939. The Hall–Kier alpha value is -6.44. The molecule has 0 radical (unpaired) electrons. The number of carbonyl (C=O) groups is 1. The van der Waals surface area contributed by atoms with Crippen molar-refractivity contribution in [3.63, 3.8) is 0 Å². The van der Waals surface area contributed by atoms with Gasteiger partial charge < -0.3 is 9.13 Å². The molecule has 0 spiro atoms. The molecule has 0 aliphatic heterocycles. The number of nitriles is 1. The Morgan fingerprint density at radius 3 is 1.48 bits per heavy atom. The Kier molecular flexibility index (Phi) is 6.63. The Bertz CT molecular complexity index is 2480. The van der Waals surface area contributed by atoms with E-state index in [0.717, 1.165) is 44.5 Å². The van der Waals surface area contributed by atoms with E-state index in [-0.39, 0.29) is 5.57 Å². The van der Waals surface area contributed by atoms with E-state index >= 15 is 0 Å². The van der Waals surface area contributed by atoms with E-state index in [1.54, 1.807) is 6.08 Å². The quantitative estimate of drug-likeness (QED) is 0.0839. The fraction of sp³-hybridized carbons (Fsp3) is 0. The molecule has 0 atom stereocenters. The summed E-state index contributed by atoms with van der Waals surface area (Å²) in [5.41, 5.74) is 10.3. The number of allylic oxidation sites excluding steroid dienone is 3. The first-order chi connectivity index (χ1) is 22.7. The van der Waals surface area contributed by atoms with Crippen LogP contribution in [0.1, 0.15) is 5.56 Å². The molecule has 46 heavy (non-hydrogen) atoms. The lowest BCUT2D eigenvalue weighted by Crippen LogP contribution is -1.94. The summed E-state index contributed by atoms with van der Waals surface area (Å²) >= 11 is 0. The minimum Gasteiger partial charge on any atom is -0.309 e. The van der Waals surface area contributed by atoms with E-state index < -0.39 is 0 Å². The van der Waals surface area contributed by atoms with Crippen molar-refractivity contribution < 1.29 is 4.79 Å². The van der Waals surface area contributed by atoms with Crippen LogP contribution in [0.3, 0.4) is 0 Å². The Morgan fingerprint density at radius 2 is 1.00 bits per heavy atom. The van der Waals surface area contributed by atoms with E-state index in [1.807, 2.05) is 12.1 Å². The lowest BCUT2D eigenvalue weighted by Gasteiger charge is -2.11. The largest absolute Gasteiger partial charge is 0.309 e. The molecular formula is C42H27N3O. The zero-order valence-corrected chi connectivity index (χ0v) is 24.8. The predicted octanol–water partition coefficient (Wildman–Crippen LogP) is 10.2. The lowest BCUT2D eigenvalue weighted by molar-refractivity contribution is -0.104. The molecule has 4 heteroatoms. The molecule has 8 aromatic rings. The Morgan fingerprint density at radius 1 is 0.543 bits per heavy atom. The highest BCUT2D eigenvalue weighted by molar-refractivity contribution is 6.10. The van der Waals surface area contributed by atoms with Crippen LogP contribution < -0.4 is 0 Å². The van der Waals surface area contributed by atoms with Gasteiger partial charge in [0.2, 0.25) is 0 Å². The Labute approximate surface area is 266 Å². The number of hydrogen-bond acceptors (Lipinski definition) is 2. The van der Waals surface area contributed by atoms with Gasteiger partial charge in [0.15, 0.2) is 6.29 Å². The third-order valence-corrected chi connectivity index (χ3v) is 8.68. The zero-order valence-electron chi connectivity index (χ0n) is 24.8. The van der Waals surface area contributed by atoms with Gasteiger partial charge in [-0.2, -0.15) is 5.26 Å². The summed E-state index contributed by atoms with van der Waals surface area (Å²) in [4.78, 5) is 10.9. The van der Waals surface area contributed by atoms with E-state index in [2.05, 4.69) is 149 Å². The van der Waals surface area contributed by atoms with Crippen LogP contribution in [0.5, 0.6) is 0 Å². The van der Waals surface area contributed by atoms with Crippen molar-refractivity contribution in [1.82, 2.24) is 9.13 Å². The first-order valence-electron chi connectivity index (χ1n) is 15.2. The van der Waals surface area contributed by atoms with Gasteiger partial charge in [-0.05, 0) is 77.4 Å². The second kappa shape index (κ2) is 11.2. The number of para-hydroxylation sites is 3. The van der Waals surface area contributed by atoms with Gasteiger partial charge >= 0.3 is 0 Å². The molecule has 4 nitrogen and oxygen atoms in total. The third kappa shape index (κ3) is 4.51. The fourth-order valence-electron chi connectivity index (χ4n) is 6.54. The van der Waals surface area contributed by atoms with Gasteiger partial charge in [-0.25, -0.2) is 0 Å². The summed E-state index contributed by atoms with van der Waals surface area (Å²) in [6, 6.07) is 51.4. The molecular weight excluding hydrogens is 562 g/mol. The molecule has 0 N–H and O–H groups in total. The van der Waals surface area contributed by atoms with Crippen LogP contribution in [0.15, 0.2) is 157 Å². The predicted molar refractivity (Wildman–Crippen MR) is 189 cm³/mol. The van der Waals surface area contributed by atoms with Crippen molar-refractivity contribution >= 4 is 56.0 Å². The molecule has 216 valence electrons. The monoisotopic (exact) mass is 589 g/mol. The lowest BCUT2D eigenvalue weighted by atomic mass is 10.0. The minimum atomic E-state index is 0.0939. The summed E-state index contributed by atoms with van der Waals surface area (Å²) in [6.07, 6.45) is 5.74. The van der Waals surface area contributed by atoms with E-state index in [9.17, 15) is 4.79 Å². The van der Waals surface area contributed by atoms with Gasteiger partial charge in [0, 0.05) is 32.9 Å².